The third-order valence-electron chi connectivity index (χ3n) is 2.19. The van der Waals surface area contributed by atoms with E-state index < -0.39 is 0 Å². The summed E-state index contributed by atoms with van der Waals surface area (Å²) in [6.45, 7) is 4.58. The van der Waals surface area contributed by atoms with Gasteiger partial charge in [-0.1, -0.05) is 5.16 Å². The Labute approximate surface area is 66.0 Å². The van der Waals surface area contributed by atoms with Crippen LogP contribution in [0, 0.1) is 5.92 Å². The van der Waals surface area contributed by atoms with Crippen LogP contribution < -0.4 is 5.73 Å². The van der Waals surface area contributed by atoms with Crippen LogP contribution in [-0.4, -0.2) is 23.3 Å². The van der Waals surface area contributed by atoms with Gasteiger partial charge in [-0.2, -0.15) is 0 Å². The highest BCUT2D eigenvalue weighted by Gasteiger charge is 2.38. The van der Waals surface area contributed by atoms with Crippen molar-refractivity contribution in [3.05, 3.63) is 0 Å². The molecule has 0 spiro atoms. The average molecular weight is 158 g/mol. The Kier molecular flexibility index (Phi) is 2.04. The Morgan fingerprint density at radius 1 is 1.73 bits per heavy atom. The van der Waals surface area contributed by atoms with Crippen LogP contribution in [0.3, 0.4) is 0 Å². The van der Waals surface area contributed by atoms with E-state index in [4.69, 9.17) is 15.7 Å². The molecule has 0 aliphatic carbocycles. The van der Waals surface area contributed by atoms with Gasteiger partial charge in [0.1, 0.15) is 5.84 Å². The molecule has 11 heavy (non-hydrogen) atoms. The SMILES string of the molecule is CC1(C)OCCC1/C(N)=N/O. The fourth-order valence-electron chi connectivity index (χ4n) is 1.46. The monoisotopic (exact) mass is 158 g/mol. The van der Waals surface area contributed by atoms with Gasteiger partial charge in [0.25, 0.3) is 0 Å². The van der Waals surface area contributed by atoms with Gasteiger partial charge in [0.15, 0.2) is 0 Å². The molecule has 0 radical (unpaired) electrons. The van der Waals surface area contributed by atoms with Crippen LogP contribution in [0.5, 0.6) is 0 Å². The molecule has 0 aromatic heterocycles. The van der Waals surface area contributed by atoms with Gasteiger partial charge < -0.3 is 15.7 Å². The van der Waals surface area contributed by atoms with Gasteiger partial charge in [-0.25, -0.2) is 0 Å². The molecule has 1 fully saturated rings. The smallest absolute Gasteiger partial charge is 0.145 e. The van der Waals surface area contributed by atoms with Crippen molar-refractivity contribution < 1.29 is 9.94 Å². The second kappa shape index (κ2) is 2.70. The maximum absolute atomic E-state index is 8.43. The fraction of sp³-hybridized carbons (Fsp3) is 0.857. The molecular formula is C7H14N2O2. The summed E-state index contributed by atoms with van der Waals surface area (Å²) in [6, 6.07) is 0. The Morgan fingerprint density at radius 3 is 2.73 bits per heavy atom. The van der Waals surface area contributed by atoms with Crippen LogP contribution in [-0.2, 0) is 4.74 Å². The van der Waals surface area contributed by atoms with Crippen molar-refractivity contribution in [3.8, 4) is 0 Å². The number of nitrogens with two attached hydrogens (primary N) is 1. The lowest BCUT2D eigenvalue weighted by Crippen LogP contribution is -2.37. The van der Waals surface area contributed by atoms with Crippen molar-refractivity contribution in [2.45, 2.75) is 25.9 Å². The summed E-state index contributed by atoms with van der Waals surface area (Å²) in [5, 5.41) is 11.4. The maximum Gasteiger partial charge on any atom is 0.145 e. The standard InChI is InChI=1S/C7H14N2O2/c1-7(2)5(3-4-11-7)6(8)9-10/h5,10H,3-4H2,1-2H3,(H2,8,9). The first kappa shape index (κ1) is 8.33. The molecule has 1 saturated heterocycles. The van der Waals surface area contributed by atoms with Gasteiger partial charge in [-0.3, -0.25) is 0 Å². The van der Waals surface area contributed by atoms with Crippen molar-refractivity contribution in [1.82, 2.24) is 0 Å². The highest BCUT2D eigenvalue weighted by Crippen LogP contribution is 2.31. The molecule has 4 heteroatoms. The number of ether oxygens (including phenoxy) is 1. The van der Waals surface area contributed by atoms with Crippen LogP contribution in [0.25, 0.3) is 0 Å². The molecular weight excluding hydrogens is 144 g/mol. The summed E-state index contributed by atoms with van der Waals surface area (Å²) < 4.78 is 5.40. The molecule has 0 bridgehead atoms. The second-order valence-electron chi connectivity index (χ2n) is 3.32. The van der Waals surface area contributed by atoms with Gasteiger partial charge >= 0.3 is 0 Å². The zero-order valence-corrected chi connectivity index (χ0v) is 6.87. The Balaban J connectivity index is 2.73. The number of amidine groups is 1. The molecule has 3 N–H and O–H groups in total. The molecule has 64 valence electrons. The number of hydrogen-bond donors (Lipinski definition) is 2. The zero-order chi connectivity index (χ0) is 8.48. The van der Waals surface area contributed by atoms with E-state index in [0.717, 1.165) is 6.42 Å². The molecule has 1 rings (SSSR count). The maximum atomic E-state index is 8.43. The lowest BCUT2D eigenvalue weighted by atomic mass is 9.90. The molecule has 1 aliphatic rings. The minimum atomic E-state index is -0.281. The van der Waals surface area contributed by atoms with Crippen molar-refractivity contribution >= 4 is 5.84 Å². The number of oxime groups is 1. The Hall–Kier alpha value is -0.770. The first-order chi connectivity index (χ1) is 5.08. The van der Waals surface area contributed by atoms with Crippen molar-refractivity contribution in [1.29, 1.82) is 0 Å². The summed E-state index contributed by atoms with van der Waals surface area (Å²) in [7, 11) is 0. The molecule has 1 unspecified atom stereocenters. The van der Waals surface area contributed by atoms with E-state index in [-0.39, 0.29) is 17.4 Å². The predicted octanol–water partition coefficient (Wildman–Crippen LogP) is 0.548. The van der Waals surface area contributed by atoms with Crippen LogP contribution in [0.15, 0.2) is 5.16 Å². The van der Waals surface area contributed by atoms with Gasteiger partial charge in [-0.05, 0) is 20.3 Å². The summed E-state index contributed by atoms with van der Waals surface area (Å²) in [6.07, 6.45) is 0.836. The number of rotatable bonds is 1. The van der Waals surface area contributed by atoms with Crippen LogP contribution >= 0.6 is 0 Å². The van der Waals surface area contributed by atoms with Gasteiger partial charge in [-0.15, -0.1) is 0 Å². The highest BCUT2D eigenvalue weighted by molar-refractivity contribution is 5.83. The Morgan fingerprint density at radius 2 is 2.36 bits per heavy atom. The number of nitrogens with zero attached hydrogens (tertiary/aromatic N) is 1. The molecule has 1 atom stereocenters. The van der Waals surface area contributed by atoms with Crippen molar-refractivity contribution in [2.75, 3.05) is 6.61 Å². The summed E-state index contributed by atoms with van der Waals surface area (Å²) in [4.78, 5) is 0. The van der Waals surface area contributed by atoms with E-state index in [1.165, 1.54) is 0 Å². The quantitative estimate of drug-likeness (QED) is 0.253. The van der Waals surface area contributed by atoms with Crippen LogP contribution in [0.1, 0.15) is 20.3 Å². The van der Waals surface area contributed by atoms with E-state index in [2.05, 4.69) is 5.16 Å². The van der Waals surface area contributed by atoms with E-state index in [9.17, 15) is 0 Å². The van der Waals surface area contributed by atoms with E-state index in [1.807, 2.05) is 13.8 Å². The summed E-state index contributed by atoms with van der Waals surface area (Å²) >= 11 is 0. The normalized spacial score (nSPS) is 30.7. The average Bonchev–Trinajstić information content (AvgIpc) is 2.28. The van der Waals surface area contributed by atoms with Gasteiger partial charge in [0, 0.05) is 6.61 Å². The van der Waals surface area contributed by atoms with Crippen molar-refractivity contribution in [2.24, 2.45) is 16.8 Å². The predicted molar refractivity (Wildman–Crippen MR) is 41.5 cm³/mol. The minimum Gasteiger partial charge on any atom is -0.409 e. The van der Waals surface area contributed by atoms with E-state index >= 15 is 0 Å². The first-order valence-electron chi connectivity index (χ1n) is 3.69. The first-order valence-corrected chi connectivity index (χ1v) is 3.69. The fourth-order valence-corrected chi connectivity index (χ4v) is 1.46. The third kappa shape index (κ3) is 1.45. The molecule has 0 amide bonds. The highest BCUT2D eigenvalue weighted by atomic mass is 16.5. The largest absolute Gasteiger partial charge is 0.409 e. The lowest BCUT2D eigenvalue weighted by molar-refractivity contribution is 0.0240. The van der Waals surface area contributed by atoms with E-state index in [1.54, 1.807) is 0 Å². The molecule has 1 heterocycles. The Bertz CT molecular complexity index is 177. The van der Waals surface area contributed by atoms with Crippen molar-refractivity contribution in [3.63, 3.8) is 0 Å². The molecule has 0 saturated carbocycles. The number of hydrogen-bond acceptors (Lipinski definition) is 3. The van der Waals surface area contributed by atoms with Crippen LogP contribution in [0.4, 0.5) is 0 Å². The summed E-state index contributed by atoms with van der Waals surface area (Å²) in [5.74, 6) is 0.319. The van der Waals surface area contributed by atoms with Gasteiger partial charge in [0.2, 0.25) is 0 Å². The minimum absolute atomic E-state index is 0.0486. The van der Waals surface area contributed by atoms with E-state index in [0.29, 0.717) is 6.61 Å². The molecule has 0 aromatic carbocycles. The second-order valence-corrected chi connectivity index (χ2v) is 3.32. The topological polar surface area (TPSA) is 67.8 Å². The molecule has 0 aromatic rings. The van der Waals surface area contributed by atoms with Crippen LogP contribution in [0.2, 0.25) is 0 Å². The third-order valence-corrected chi connectivity index (χ3v) is 2.19. The molecule has 4 nitrogen and oxygen atoms in total. The summed E-state index contributed by atoms with van der Waals surface area (Å²) in [5.41, 5.74) is 5.19. The zero-order valence-electron chi connectivity index (χ0n) is 6.87. The lowest BCUT2D eigenvalue weighted by Gasteiger charge is -2.24. The van der Waals surface area contributed by atoms with Gasteiger partial charge in [0.05, 0.1) is 11.5 Å². The molecule has 1 aliphatic heterocycles.